The first-order valence-electron chi connectivity index (χ1n) is 10.5. The predicted octanol–water partition coefficient (Wildman–Crippen LogP) is 4.91. The van der Waals surface area contributed by atoms with Crippen molar-refractivity contribution in [2.45, 2.75) is 33.7 Å². The molecule has 2 atom stereocenters. The van der Waals surface area contributed by atoms with Gasteiger partial charge >= 0.3 is 0 Å². The van der Waals surface area contributed by atoms with Gasteiger partial charge in [0.2, 0.25) is 0 Å². The molecule has 0 spiro atoms. The Labute approximate surface area is 183 Å². The second kappa shape index (κ2) is 8.27. The predicted molar refractivity (Wildman–Crippen MR) is 120 cm³/mol. The van der Waals surface area contributed by atoms with E-state index in [9.17, 15) is 9.59 Å². The Hall–Kier alpha value is -2.59. The van der Waals surface area contributed by atoms with Gasteiger partial charge in [-0.1, -0.05) is 67.4 Å². The van der Waals surface area contributed by atoms with Crippen LogP contribution in [0.2, 0.25) is 5.02 Å². The molecular formula is C25H27ClN2O2. The minimum Gasteiger partial charge on any atom is -0.366 e. The van der Waals surface area contributed by atoms with E-state index in [1.807, 2.05) is 43.3 Å². The van der Waals surface area contributed by atoms with Crippen molar-refractivity contribution >= 4 is 29.0 Å². The molecule has 2 aliphatic heterocycles. The van der Waals surface area contributed by atoms with Gasteiger partial charge < -0.3 is 4.90 Å². The van der Waals surface area contributed by atoms with Gasteiger partial charge in [0.25, 0.3) is 11.8 Å². The number of amides is 2. The maximum absolute atomic E-state index is 13.5. The average Bonchev–Trinajstić information content (AvgIpc) is 2.94. The largest absolute Gasteiger partial charge is 0.366 e. The van der Waals surface area contributed by atoms with E-state index in [2.05, 4.69) is 18.7 Å². The Morgan fingerprint density at radius 3 is 2.10 bits per heavy atom. The Morgan fingerprint density at radius 1 is 0.900 bits per heavy atom. The summed E-state index contributed by atoms with van der Waals surface area (Å²) in [5.74, 6) is 0.536. The van der Waals surface area contributed by atoms with Gasteiger partial charge in [-0.05, 0) is 48.4 Å². The van der Waals surface area contributed by atoms with Crippen molar-refractivity contribution in [3.8, 4) is 0 Å². The number of likely N-dealkylation sites (tertiary alicyclic amines) is 1. The highest BCUT2D eigenvalue weighted by molar-refractivity contribution is 6.35. The monoisotopic (exact) mass is 422 g/mol. The lowest BCUT2D eigenvalue weighted by Crippen LogP contribution is -2.41. The standard InChI is InChI=1S/C25H27ClN2O2/c1-16-4-8-20(9-5-16)22-23(27-13-17(2)12-18(3)14-27)25(30)28(24(22)29)15-19-6-10-21(26)11-7-19/h4-11,17-18H,12-15H2,1-3H3. The maximum Gasteiger partial charge on any atom is 0.278 e. The first kappa shape index (κ1) is 20.7. The molecule has 2 unspecified atom stereocenters. The highest BCUT2D eigenvalue weighted by atomic mass is 35.5. The highest BCUT2D eigenvalue weighted by Crippen LogP contribution is 2.35. The van der Waals surface area contributed by atoms with Crippen LogP contribution in [0.3, 0.4) is 0 Å². The normalized spacial score (nSPS) is 22.3. The molecule has 0 bridgehead atoms. The van der Waals surface area contributed by atoms with E-state index < -0.39 is 0 Å². The van der Waals surface area contributed by atoms with E-state index in [4.69, 9.17) is 11.6 Å². The first-order valence-corrected chi connectivity index (χ1v) is 10.9. The number of halogens is 1. The summed E-state index contributed by atoms with van der Waals surface area (Å²) in [6, 6.07) is 15.1. The smallest absolute Gasteiger partial charge is 0.278 e. The summed E-state index contributed by atoms with van der Waals surface area (Å²) in [6.07, 6.45) is 1.14. The Morgan fingerprint density at radius 2 is 1.50 bits per heavy atom. The molecule has 0 aromatic heterocycles. The van der Waals surface area contributed by atoms with Crippen molar-refractivity contribution in [1.82, 2.24) is 9.80 Å². The summed E-state index contributed by atoms with van der Waals surface area (Å²) in [7, 11) is 0. The van der Waals surface area contributed by atoms with Crippen molar-refractivity contribution in [1.29, 1.82) is 0 Å². The summed E-state index contributed by atoms with van der Waals surface area (Å²) in [6.45, 7) is 8.27. The SMILES string of the molecule is Cc1ccc(C2=C(N3CC(C)CC(C)C3)C(=O)N(Cc3ccc(Cl)cc3)C2=O)cc1. The number of carbonyl (C=O) groups excluding carboxylic acids is 2. The molecule has 1 fully saturated rings. The summed E-state index contributed by atoms with van der Waals surface area (Å²) in [4.78, 5) is 30.5. The zero-order valence-electron chi connectivity index (χ0n) is 17.7. The number of piperidine rings is 1. The van der Waals surface area contributed by atoms with Crippen LogP contribution in [0.25, 0.3) is 5.57 Å². The highest BCUT2D eigenvalue weighted by Gasteiger charge is 2.42. The quantitative estimate of drug-likeness (QED) is 0.657. The zero-order valence-corrected chi connectivity index (χ0v) is 18.4. The van der Waals surface area contributed by atoms with Crippen LogP contribution < -0.4 is 0 Å². The van der Waals surface area contributed by atoms with Gasteiger partial charge in [0.1, 0.15) is 5.70 Å². The fraction of sp³-hybridized carbons (Fsp3) is 0.360. The minimum atomic E-state index is -0.223. The van der Waals surface area contributed by atoms with Gasteiger partial charge in [-0.15, -0.1) is 0 Å². The molecule has 2 aliphatic rings. The zero-order chi connectivity index (χ0) is 21.4. The molecule has 0 aliphatic carbocycles. The topological polar surface area (TPSA) is 40.6 Å². The third-order valence-electron chi connectivity index (χ3n) is 5.92. The van der Waals surface area contributed by atoms with Crippen LogP contribution in [0, 0.1) is 18.8 Å². The molecule has 2 amide bonds. The van der Waals surface area contributed by atoms with Crippen molar-refractivity contribution in [2.75, 3.05) is 13.1 Å². The molecule has 156 valence electrons. The van der Waals surface area contributed by atoms with E-state index in [1.165, 1.54) is 4.90 Å². The van der Waals surface area contributed by atoms with Gasteiger partial charge in [0.15, 0.2) is 0 Å². The van der Waals surface area contributed by atoms with Crippen LogP contribution in [-0.2, 0) is 16.1 Å². The summed E-state index contributed by atoms with van der Waals surface area (Å²) in [5.41, 5.74) is 3.88. The van der Waals surface area contributed by atoms with E-state index in [0.29, 0.717) is 28.1 Å². The second-order valence-electron chi connectivity index (χ2n) is 8.76. The lowest BCUT2D eigenvalue weighted by atomic mass is 9.91. The molecule has 2 aromatic carbocycles. The summed E-state index contributed by atoms with van der Waals surface area (Å²) < 4.78 is 0. The van der Waals surface area contributed by atoms with Crippen LogP contribution in [-0.4, -0.2) is 34.7 Å². The molecule has 0 radical (unpaired) electrons. The van der Waals surface area contributed by atoms with Gasteiger partial charge in [0, 0.05) is 18.1 Å². The molecule has 0 saturated carbocycles. The third kappa shape index (κ3) is 4.01. The Bertz CT molecular complexity index is 985. The van der Waals surface area contributed by atoms with Crippen molar-refractivity contribution in [3.63, 3.8) is 0 Å². The van der Waals surface area contributed by atoms with Gasteiger partial charge in [-0.2, -0.15) is 0 Å². The number of carbonyl (C=O) groups is 2. The second-order valence-corrected chi connectivity index (χ2v) is 9.20. The lowest BCUT2D eigenvalue weighted by molar-refractivity contribution is -0.138. The number of aryl methyl sites for hydroxylation is 1. The summed E-state index contributed by atoms with van der Waals surface area (Å²) >= 11 is 5.99. The molecular weight excluding hydrogens is 396 g/mol. The summed E-state index contributed by atoms with van der Waals surface area (Å²) in [5, 5.41) is 0.633. The van der Waals surface area contributed by atoms with Crippen LogP contribution in [0.5, 0.6) is 0 Å². The lowest BCUT2D eigenvalue weighted by Gasteiger charge is -2.37. The first-order chi connectivity index (χ1) is 14.3. The number of rotatable bonds is 4. The number of hydrogen-bond acceptors (Lipinski definition) is 3. The van der Waals surface area contributed by atoms with Crippen LogP contribution in [0.4, 0.5) is 0 Å². The molecule has 0 N–H and O–H groups in total. The van der Waals surface area contributed by atoms with Crippen LogP contribution in [0.1, 0.15) is 37.0 Å². The fourth-order valence-corrected chi connectivity index (χ4v) is 4.72. The fourth-order valence-electron chi connectivity index (χ4n) is 4.60. The van der Waals surface area contributed by atoms with Crippen LogP contribution in [0.15, 0.2) is 54.2 Å². The van der Waals surface area contributed by atoms with Crippen molar-refractivity contribution in [2.24, 2.45) is 11.8 Å². The van der Waals surface area contributed by atoms with E-state index in [1.54, 1.807) is 12.1 Å². The number of benzene rings is 2. The van der Waals surface area contributed by atoms with Crippen molar-refractivity contribution < 1.29 is 9.59 Å². The minimum absolute atomic E-state index is 0.202. The number of imide groups is 1. The number of hydrogen-bond donors (Lipinski definition) is 0. The van der Waals surface area contributed by atoms with Gasteiger partial charge in [-0.25, -0.2) is 0 Å². The number of nitrogens with zero attached hydrogens (tertiary/aromatic N) is 2. The molecule has 1 saturated heterocycles. The molecule has 2 heterocycles. The molecule has 4 nitrogen and oxygen atoms in total. The maximum atomic E-state index is 13.5. The molecule has 5 heteroatoms. The molecule has 30 heavy (non-hydrogen) atoms. The third-order valence-corrected chi connectivity index (χ3v) is 6.17. The van der Waals surface area contributed by atoms with Crippen molar-refractivity contribution in [3.05, 3.63) is 75.9 Å². The van der Waals surface area contributed by atoms with Gasteiger partial charge in [0.05, 0.1) is 12.1 Å². The van der Waals surface area contributed by atoms with E-state index in [0.717, 1.165) is 36.2 Å². The Kier molecular flexibility index (Phi) is 5.70. The van der Waals surface area contributed by atoms with E-state index in [-0.39, 0.29) is 18.4 Å². The van der Waals surface area contributed by atoms with Gasteiger partial charge in [-0.3, -0.25) is 14.5 Å². The van der Waals surface area contributed by atoms with Crippen LogP contribution >= 0.6 is 11.6 Å². The Balaban J connectivity index is 1.74. The molecule has 4 rings (SSSR count). The average molecular weight is 423 g/mol. The van der Waals surface area contributed by atoms with E-state index >= 15 is 0 Å². The molecule has 2 aromatic rings.